The van der Waals surface area contributed by atoms with Gasteiger partial charge in [0.2, 0.25) is 0 Å². The standard InChI is InChI=1S/C6H10O3.C4H8O2/c1(5-3-8-5)7-2-6-4-9-6;1-3-6-4(2)5/h5-6H,1-4H2;3-5H,1H2,2H3. The van der Waals surface area contributed by atoms with Gasteiger partial charge in [0.15, 0.2) is 6.29 Å². The molecule has 0 bridgehead atoms. The molecule has 2 fully saturated rings. The van der Waals surface area contributed by atoms with Gasteiger partial charge in [0.25, 0.3) is 0 Å². The summed E-state index contributed by atoms with van der Waals surface area (Å²) in [6.45, 7) is 7.99. The minimum Gasteiger partial charge on any atom is -0.474 e. The van der Waals surface area contributed by atoms with E-state index in [1.807, 2.05) is 0 Å². The topological polar surface area (TPSA) is 63.8 Å². The molecule has 2 rings (SSSR count). The van der Waals surface area contributed by atoms with Crippen LogP contribution >= 0.6 is 0 Å². The quantitative estimate of drug-likeness (QED) is 0.394. The lowest BCUT2D eigenvalue weighted by molar-refractivity contribution is -0.0345. The van der Waals surface area contributed by atoms with Gasteiger partial charge in [0, 0.05) is 0 Å². The second-order valence-electron chi connectivity index (χ2n) is 3.35. The predicted molar refractivity (Wildman–Crippen MR) is 53.3 cm³/mol. The molecule has 0 radical (unpaired) electrons. The van der Waals surface area contributed by atoms with E-state index in [-0.39, 0.29) is 0 Å². The Morgan fingerprint density at radius 1 is 1.40 bits per heavy atom. The second-order valence-corrected chi connectivity index (χ2v) is 3.35. The van der Waals surface area contributed by atoms with Crippen molar-refractivity contribution in [2.45, 2.75) is 25.4 Å². The predicted octanol–water partition coefficient (Wildman–Crippen LogP) is 0.285. The highest BCUT2D eigenvalue weighted by Crippen LogP contribution is 2.12. The van der Waals surface area contributed by atoms with Gasteiger partial charge < -0.3 is 24.1 Å². The summed E-state index contributed by atoms with van der Waals surface area (Å²) in [6.07, 6.45) is 1.26. The first-order valence-corrected chi connectivity index (χ1v) is 4.97. The van der Waals surface area contributed by atoms with E-state index in [9.17, 15) is 0 Å². The summed E-state index contributed by atoms with van der Waals surface area (Å²) in [5, 5.41) is 8.26. The molecule has 5 nitrogen and oxygen atoms in total. The van der Waals surface area contributed by atoms with Crippen LogP contribution in [0.4, 0.5) is 0 Å². The molecule has 0 aromatic carbocycles. The van der Waals surface area contributed by atoms with E-state index in [1.165, 1.54) is 13.2 Å². The number of epoxide rings is 2. The summed E-state index contributed by atoms with van der Waals surface area (Å²) >= 11 is 0. The van der Waals surface area contributed by atoms with E-state index in [1.54, 1.807) is 0 Å². The zero-order chi connectivity index (χ0) is 11.1. The molecule has 3 unspecified atom stereocenters. The fraction of sp³-hybridized carbons (Fsp3) is 0.800. The van der Waals surface area contributed by atoms with Crippen molar-refractivity contribution in [3.63, 3.8) is 0 Å². The first kappa shape index (κ1) is 12.4. The van der Waals surface area contributed by atoms with Crippen molar-refractivity contribution in [2.75, 3.05) is 26.4 Å². The van der Waals surface area contributed by atoms with E-state index < -0.39 is 6.29 Å². The fourth-order valence-corrected chi connectivity index (χ4v) is 0.799. The van der Waals surface area contributed by atoms with Gasteiger partial charge >= 0.3 is 0 Å². The lowest BCUT2D eigenvalue weighted by atomic mass is 10.5. The average molecular weight is 218 g/mol. The summed E-state index contributed by atoms with van der Waals surface area (Å²) in [4.78, 5) is 0. The highest BCUT2D eigenvalue weighted by molar-refractivity contribution is 4.71. The minimum absolute atomic E-state index is 0.392. The molecule has 0 amide bonds. The largest absolute Gasteiger partial charge is 0.474 e. The molecule has 2 saturated heterocycles. The Hall–Kier alpha value is -0.620. The molecular formula is C10H18O5. The van der Waals surface area contributed by atoms with Gasteiger partial charge in [-0.25, -0.2) is 0 Å². The first-order valence-electron chi connectivity index (χ1n) is 4.97. The molecule has 0 saturated carbocycles. The molecular weight excluding hydrogens is 200 g/mol. The number of hydrogen-bond acceptors (Lipinski definition) is 5. The number of rotatable bonds is 6. The Bertz CT molecular complexity index is 163. The first-order chi connectivity index (χ1) is 7.22. The number of hydrogen-bond donors (Lipinski definition) is 1. The fourth-order valence-electron chi connectivity index (χ4n) is 0.799. The average Bonchev–Trinajstić information content (AvgIpc) is 2.99. The minimum atomic E-state index is -0.720. The monoisotopic (exact) mass is 218 g/mol. The van der Waals surface area contributed by atoms with E-state index >= 15 is 0 Å². The van der Waals surface area contributed by atoms with Crippen LogP contribution in [0, 0.1) is 0 Å². The number of aliphatic hydroxyl groups is 1. The molecule has 2 aliphatic rings. The maximum absolute atomic E-state index is 8.26. The maximum atomic E-state index is 8.26. The molecule has 0 aromatic rings. The molecule has 15 heavy (non-hydrogen) atoms. The van der Waals surface area contributed by atoms with Crippen molar-refractivity contribution < 1.29 is 24.1 Å². The van der Waals surface area contributed by atoms with Gasteiger partial charge in [0.1, 0.15) is 12.2 Å². The van der Waals surface area contributed by atoms with Crippen LogP contribution in [0.5, 0.6) is 0 Å². The van der Waals surface area contributed by atoms with Crippen LogP contribution in [0.15, 0.2) is 12.8 Å². The van der Waals surface area contributed by atoms with Gasteiger partial charge in [-0.2, -0.15) is 0 Å². The zero-order valence-electron chi connectivity index (χ0n) is 8.93. The van der Waals surface area contributed by atoms with Crippen molar-refractivity contribution in [2.24, 2.45) is 0 Å². The van der Waals surface area contributed by atoms with Gasteiger partial charge in [-0.05, 0) is 6.92 Å². The van der Waals surface area contributed by atoms with E-state index in [0.29, 0.717) is 12.2 Å². The Kier molecular flexibility index (Phi) is 5.63. The van der Waals surface area contributed by atoms with Gasteiger partial charge in [-0.15, -0.1) is 0 Å². The Balaban J connectivity index is 0.000000167. The molecule has 1 N–H and O–H groups in total. The van der Waals surface area contributed by atoms with E-state index in [4.69, 9.17) is 19.3 Å². The smallest absolute Gasteiger partial charge is 0.193 e. The van der Waals surface area contributed by atoms with Gasteiger partial charge in [-0.3, -0.25) is 0 Å². The van der Waals surface area contributed by atoms with Crippen molar-refractivity contribution in [1.82, 2.24) is 0 Å². The Morgan fingerprint density at radius 3 is 2.07 bits per heavy atom. The lowest BCUT2D eigenvalue weighted by Crippen LogP contribution is -2.06. The van der Waals surface area contributed by atoms with Crippen LogP contribution in [-0.2, 0) is 18.9 Å². The summed E-state index contributed by atoms with van der Waals surface area (Å²) in [5.74, 6) is 0. The highest BCUT2D eigenvalue weighted by Gasteiger charge is 2.26. The Morgan fingerprint density at radius 2 is 1.87 bits per heavy atom. The van der Waals surface area contributed by atoms with Crippen LogP contribution in [-0.4, -0.2) is 50.0 Å². The second kappa shape index (κ2) is 6.79. The normalized spacial score (nSPS) is 28.4. The van der Waals surface area contributed by atoms with Crippen molar-refractivity contribution in [3.8, 4) is 0 Å². The van der Waals surface area contributed by atoms with Crippen molar-refractivity contribution >= 4 is 0 Å². The van der Waals surface area contributed by atoms with Gasteiger partial charge in [-0.1, -0.05) is 6.58 Å². The summed E-state index contributed by atoms with van der Waals surface area (Å²) in [6, 6.07) is 0. The van der Waals surface area contributed by atoms with Crippen molar-refractivity contribution in [3.05, 3.63) is 12.8 Å². The molecule has 0 aliphatic carbocycles. The third-order valence-corrected chi connectivity index (χ3v) is 1.71. The summed E-state index contributed by atoms with van der Waals surface area (Å²) in [5.41, 5.74) is 0. The third-order valence-electron chi connectivity index (χ3n) is 1.71. The Labute approximate surface area is 89.6 Å². The zero-order valence-corrected chi connectivity index (χ0v) is 8.93. The number of ether oxygens (including phenoxy) is 4. The molecule has 0 aromatic heterocycles. The summed E-state index contributed by atoms with van der Waals surface area (Å²) < 4.78 is 19.5. The molecule has 3 atom stereocenters. The maximum Gasteiger partial charge on any atom is 0.193 e. The molecule has 0 spiro atoms. The SMILES string of the molecule is C(OCC1CO1)C1CO1.C=COC(C)O. The number of aliphatic hydroxyl groups excluding tert-OH is 1. The molecule has 2 heterocycles. The van der Waals surface area contributed by atoms with Crippen LogP contribution in [0.3, 0.4) is 0 Å². The summed E-state index contributed by atoms with van der Waals surface area (Å²) in [7, 11) is 0. The van der Waals surface area contributed by atoms with E-state index in [2.05, 4.69) is 11.3 Å². The molecule has 5 heteroatoms. The van der Waals surface area contributed by atoms with Crippen LogP contribution in [0.1, 0.15) is 6.92 Å². The molecule has 88 valence electrons. The molecule has 2 aliphatic heterocycles. The highest BCUT2D eigenvalue weighted by atomic mass is 16.6. The van der Waals surface area contributed by atoms with Crippen LogP contribution in [0.25, 0.3) is 0 Å². The van der Waals surface area contributed by atoms with E-state index in [0.717, 1.165) is 26.4 Å². The third kappa shape index (κ3) is 8.38. The van der Waals surface area contributed by atoms with Crippen LogP contribution in [0.2, 0.25) is 0 Å². The lowest BCUT2D eigenvalue weighted by Gasteiger charge is -1.98. The van der Waals surface area contributed by atoms with Gasteiger partial charge in [0.05, 0.1) is 32.7 Å². The van der Waals surface area contributed by atoms with Crippen LogP contribution < -0.4 is 0 Å². The van der Waals surface area contributed by atoms with Crippen molar-refractivity contribution in [1.29, 1.82) is 0 Å².